The molecule has 1 unspecified atom stereocenters. The molecule has 1 atom stereocenters. The van der Waals surface area contributed by atoms with Crippen LogP contribution in [0.3, 0.4) is 0 Å². The Labute approximate surface area is 110 Å². The Hall–Kier alpha value is -1.51. The van der Waals surface area contributed by atoms with E-state index < -0.39 is 32.7 Å². The molecule has 0 aliphatic carbocycles. The van der Waals surface area contributed by atoms with Gasteiger partial charge in [0.2, 0.25) is 0 Å². The molecule has 2 rings (SSSR count). The zero-order valence-electron chi connectivity index (χ0n) is 9.93. The van der Waals surface area contributed by atoms with E-state index >= 15 is 0 Å². The van der Waals surface area contributed by atoms with E-state index in [4.69, 9.17) is 4.74 Å². The number of sulfonamides is 1. The van der Waals surface area contributed by atoms with Crippen LogP contribution >= 0.6 is 0 Å². The van der Waals surface area contributed by atoms with Gasteiger partial charge in [0.1, 0.15) is 16.8 Å². The van der Waals surface area contributed by atoms with E-state index in [0.29, 0.717) is 13.0 Å². The van der Waals surface area contributed by atoms with Crippen molar-refractivity contribution in [3.05, 3.63) is 30.1 Å². The van der Waals surface area contributed by atoms with Gasteiger partial charge in [-0.3, -0.25) is 10.2 Å². The lowest BCUT2D eigenvalue weighted by atomic mass is 10.2. The van der Waals surface area contributed by atoms with Crippen molar-refractivity contribution in [1.82, 2.24) is 10.3 Å². The Morgan fingerprint density at radius 1 is 1.37 bits per heavy atom. The molecule has 0 bridgehead atoms. The summed E-state index contributed by atoms with van der Waals surface area (Å²) in [6.45, 7) is 0.470. The van der Waals surface area contributed by atoms with Crippen LogP contribution in [0.4, 0.5) is 4.39 Å². The number of ether oxygens (including phenoxy) is 1. The monoisotopic (exact) mass is 288 g/mol. The predicted molar refractivity (Wildman–Crippen MR) is 63.8 cm³/mol. The van der Waals surface area contributed by atoms with Crippen molar-refractivity contribution < 1.29 is 22.3 Å². The maximum atomic E-state index is 13.4. The van der Waals surface area contributed by atoms with Gasteiger partial charge in [0.05, 0.1) is 0 Å². The van der Waals surface area contributed by atoms with Gasteiger partial charge in [0, 0.05) is 6.61 Å². The number of rotatable bonds is 4. The Morgan fingerprint density at radius 2 is 2.11 bits per heavy atom. The van der Waals surface area contributed by atoms with Gasteiger partial charge in [0.25, 0.3) is 15.9 Å². The van der Waals surface area contributed by atoms with E-state index in [9.17, 15) is 17.6 Å². The molecule has 1 amide bonds. The van der Waals surface area contributed by atoms with Gasteiger partial charge in [-0.25, -0.2) is 12.8 Å². The van der Waals surface area contributed by atoms with Crippen LogP contribution in [0.5, 0.6) is 0 Å². The quantitative estimate of drug-likeness (QED) is 0.781. The number of hydrogen-bond donors (Lipinski definition) is 2. The molecule has 19 heavy (non-hydrogen) atoms. The van der Waals surface area contributed by atoms with Crippen LogP contribution < -0.4 is 10.3 Å². The predicted octanol–water partition coefficient (Wildman–Crippen LogP) is 0.314. The molecule has 1 aromatic rings. The highest BCUT2D eigenvalue weighted by Crippen LogP contribution is 2.13. The smallest absolute Gasteiger partial charge is 0.264 e. The summed E-state index contributed by atoms with van der Waals surface area (Å²) < 4.78 is 42.0. The summed E-state index contributed by atoms with van der Waals surface area (Å²) >= 11 is 0. The number of amides is 1. The molecule has 0 radical (unpaired) electrons. The highest BCUT2D eigenvalue weighted by atomic mass is 32.2. The van der Waals surface area contributed by atoms with Gasteiger partial charge in [-0.05, 0) is 25.0 Å². The number of hydrazine groups is 1. The lowest BCUT2D eigenvalue weighted by molar-refractivity contribution is -0.130. The van der Waals surface area contributed by atoms with E-state index in [0.717, 1.165) is 18.6 Å². The number of nitrogens with one attached hydrogen (secondary N) is 2. The SMILES string of the molecule is O=C(NNS(=O)(=O)c1ccccc1F)C1CCCO1. The largest absolute Gasteiger partial charge is 0.368 e. The summed E-state index contributed by atoms with van der Waals surface area (Å²) in [5.41, 5.74) is 2.02. The second-order valence-electron chi connectivity index (χ2n) is 4.03. The van der Waals surface area contributed by atoms with Crippen molar-refractivity contribution in [2.24, 2.45) is 0 Å². The maximum Gasteiger partial charge on any atom is 0.264 e. The van der Waals surface area contributed by atoms with Crippen molar-refractivity contribution in [2.75, 3.05) is 6.61 Å². The fourth-order valence-electron chi connectivity index (χ4n) is 1.70. The number of carbonyl (C=O) groups is 1. The van der Waals surface area contributed by atoms with Gasteiger partial charge in [-0.15, -0.1) is 4.83 Å². The maximum absolute atomic E-state index is 13.4. The number of halogens is 1. The molecular formula is C11H13FN2O4S. The van der Waals surface area contributed by atoms with Crippen LogP contribution in [0.15, 0.2) is 29.2 Å². The molecule has 1 fully saturated rings. The topological polar surface area (TPSA) is 84.5 Å². The molecule has 8 heteroatoms. The molecule has 2 N–H and O–H groups in total. The Balaban J connectivity index is 2.02. The minimum atomic E-state index is -4.13. The molecule has 0 saturated carbocycles. The highest BCUT2D eigenvalue weighted by molar-refractivity contribution is 7.89. The molecular weight excluding hydrogens is 275 g/mol. The average molecular weight is 288 g/mol. The fraction of sp³-hybridized carbons (Fsp3) is 0.364. The van der Waals surface area contributed by atoms with Crippen molar-refractivity contribution in [2.45, 2.75) is 23.8 Å². The molecule has 6 nitrogen and oxygen atoms in total. The van der Waals surface area contributed by atoms with Crippen molar-refractivity contribution in [1.29, 1.82) is 0 Å². The summed E-state index contributed by atoms with van der Waals surface area (Å²) in [7, 11) is -4.13. The second kappa shape index (κ2) is 5.64. The standard InChI is InChI=1S/C11H13FN2O4S/c12-8-4-1-2-6-10(8)19(16,17)14-13-11(15)9-5-3-7-18-9/h1-2,4,6,9,14H,3,5,7H2,(H,13,15). The molecule has 1 aliphatic heterocycles. The van der Waals surface area contributed by atoms with E-state index in [-0.39, 0.29) is 0 Å². The lowest BCUT2D eigenvalue weighted by Gasteiger charge is -2.12. The van der Waals surface area contributed by atoms with Gasteiger partial charge in [0.15, 0.2) is 0 Å². The van der Waals surface area contributed by atoms with Crippen LogP contribution in [0, 0.1) is 5.82 Å². The third-order valence-electron chi connectivity index (χ3n) is 2.66. The highest BCUT2D eigenvalue weighted by Gasteiger charge is 2.25. The molecule has 0 aromatic heterocycles. The van der Waals surface area contributed by atoms with Gasteiger partial charge < -0.3 is 4.74 Å². The fourth-order valence-corrected chi connectivity index (χ4v) is 2.63. The van der Waals surface area contributed by atoms with Gasteiger partial charge in [-0.2, -0.15) is 0 Å². The van der Waals surface area contributed by atoms with Crippen molar-refractivity contribution in [3.63, 3.8) is 0 Å². The third-order valence-corrected chi connectivity index (χ3v) is 3.94. The van der Waals surface area contributed by atoms with Gasteiger partial charge >= 0.3 is 0 Å². The van der Waals surface area contributed by atoms with Crippen LogP contribution in [-0.4, -0.2) is 27.0 Å². The Morgan fingerprint density at radius 3 is 2.74 bits per heavy atom. The molecule has 1 saturated heterocycles. The summed E-state index contributed by atoms with van der Waals surface area (Å²) in [6, 6.07) is 4.89. The number of benzene rings is 1. The zero-order valence-corrected chi connectivity index (χ0v) is 10.7. The summed E-state index contributed by atoms with van der Waals surface area (Å²) in [5, 5.41) is 0. The van der Waals surface area contributed by atoms with E-state index in [1.807, 2.05) is 10.3 Å². The summed E-state index contributed by atoms with van der Waals surface area (Å²) in [5.74, 6) is -1.47. The minimum Gasteiger partial charge on any atom is -0.368 e. The van der Waals surface area contributed by atoms with E-state index in [1.165, 1.54) is 12.1 Å². The summed E-state index contributed by atoms with van der Waals surface area (Å²) in [6.07, 6.45) is 0.620. The first kappa shape index (κ1) is 13.9. The van der Waals surface area contributed by atoms with Crippen LogP contribution in [-0.2, 0) is 19.6 Å². The number of hydrogen-bond acceptors (Lipinski definition) is 4. The number of carbonyl (C=O) groups excluding carboxylic acids is 1. The summed E-state index contributed by atoms with van der Waals surface area (Å²) in [4.78, 5) is 12.9. The lowest BCUT2D eigenvalue weighted by Crippen LogP contribution is -2.46. The third kappa shape index (κ3) is 3.28. The molecule has 104 valence electrons. The zero-order chi connectivity index (χ0) is 13.9. The first-order chi connectivity index (χ1) is 9.00. The average Bonchev–Trinajstić information content (AvgIpc) is 2.90. The van der Waals surface area contributed by atoms with Crippen molar-refractivity contribution >= 4 is 15.9 Å². The van der Waals surface area contributed by atoms with Crippen LogP contribution in [0.1, 0.15) is 12.8 Å². The first-order valence-corrected chi connectivity index (χ1v) is 7.17. The van der Waals surface area contributed by atoms with E-state index in [1.54, 1.807) is 0 Å². The Bertz CT molecular complexity index is 570. The molecule has 1 aromatic carbocycles. The molecule has 1 aliphatic rings. The minimum absolute atomic E-state index is 0.470. The molecule has 1 heterocycles. The normalized spacial score (nSPS) is 19.3. The Kier molecular flexibility index (Phi) is 4.13. The first-order valence-electron chi connectivity index (χ1n) is 5.68. The van der Waals surface area contributed by atoms with Crippen molar-refractivity contribution in [3.8, 4) is 0 Å². The van der Waals surface area contributed by atoms with Gasteiger partial charge in [-0.1, -0.05) is 12.1 Å². The van der Waals surface area contributed by atoms with Crippen LogP contribution in [0.2, 0.25) is 0 Å². The van der Waals surface area contributed by atoms with Crippen LogP contribution in [0.25, 0.3) is 0 Å². The second-order valence-corrected chi connectivity index (χ2v) is 5.68. The molecule has 0 spiro atoms. The van der Waals surface area contributed by atoms with E-state index in [2.05, 4.69) is 0 Å².